The molecule has 0 unspecified atom stereocenters. The summed E-state index contributed by atoms with van der Waals surface area (Å²) in [6.07, 6.45) is 3.07. The van der Waals surface area contributed by atoms with Crippen molar-refractivity contribution in [2.24, 2.45) is 10.7 Å². The highest BCUT2D eigenvalue weighted by Crippen LogP contribution is 2.05. The maximum atomic E-state index is 5.47. The fourth-order valence-electron chi connectivity index (χ4n) is 1.01. The molecule has 1 aliphatic rings. The Balaban J connectivity index is 2.26. The molecule has 0 aromatic heterocycles. The number of hydrogen-bond acceptors (Lipinski definition) is 2. The van der Waals surface area contributed by atoms with E-state index in [0.29, 0.717) is 5.96 Å². The van der Waals surface area contributed by atoms with Crippen LogP contribution >= 0.6 is 0 Å². The number of nitrogens with zero attached hydrogens (tertiary/aromatic N) is 1. The van der Waals surface area contributed by atoms with E-state index in [1.165, 1.54) is 5.57 Å². The van der Waals surface area contributed by atoms with Gasteiger partial charge in [0.15, 0.2) is 5.96 Å². The molecule has 0 radical (unpaired) electrons. The zero-order valence-electron chi connectivity index (χ0n) is 7.34. The molecule has 4 heteroatoms. The largest absolute Gasteiger partial charge is 0.377 e. The highest BCUT2D eigenvalue weighted by atomic mass is 16.5. The summed E-state index contributed by atoms with van der Waals surface area (Å²) in [5.74, 6) is 0.488. The third kappa shape index (κ3) is 2.92. The van der Waals surface area contributed by atoms with Crippen LogP contribution in [0.4, 0.5) is 0 Å². The highest BCUT2D eigenvalue weighted by Gasteiger charge is 2.02. The lowest BCUT2D eigenvalue weighted by molar-refractivity contribution is 0.154. The maximum Gasteiger partial charge on any atom is 0.188 e. The highest BCUT2D eigenvalue weighted by molar-refractivity contribution is 5.77. The van der Waals surface area contributed by atoms with Gasteiger partial charge in [-0.1, -0.05) is 11.6 Å². The van der Waals surface area contributed by atoms with Gasteiger partial charge in [-0.2, -0.15) is 0 Å². The summed E-state index contributed by atoms with van der Waals surface area (Å²) in [7, 11) is 1.67. The number of ether oxygens (including phenoxy) is 1. The van der Waals surface area contributed by atoms with Crippen LogP contribution in [0.15, 0.2) is 16.6 Å². The van der Waals surface area contributed by atoms with Crippen molar-refractivity contribution in [1.82, 2.24) is 5.32 Å². The van der Waals surface area contributed by atoms with Gasteiger partial charge in [-0.25, -0.2) is 0 Å². The Morgan fingerprint density at radius 3 is 3.25 bits per heavy atom. The second-order valence-corrected chi connectivity index (χ2v) is 2.65. The van der Waals surface area contributed by atoms with Crippen LogP contribution in [0, 0.1) is 0 Å². The maximum absolute atomic E-state index is 5.47. The standard InChI is InChI=1S/C8H15N3O/c1-10-8(9)11-6-7-2-4-12-5-3-7/h2H,3-6H2,1H3,(H3,9,10,11). The van der Waals surface area contributed by atoms with Gasteiger partial charge in [0, 0.05) is 13.6 Å². The predicted octanol–water partition coefficient (Wildman–Crippen LogP) is -0.133. The minimum Gasteiger partial charge on any atom is -0.377 e. The molecule has 1 rings (SSSR count). The Bertz CT molecular complexity index is 198. The molecule has 0 fully saturated rings. The number of guanidine groups is 1. The van der Waals surface area contributed by atoms with Crippen LogP contribution in [0.3, 0.4) is 0 Å². The molecule has 0 bridgehead atoms. The quantitative estimate of drug-likeness (QED) is 0.344. The minimum absolute atomic E-state index is 0.488. The topological polar surface area (TPSA) is 59.6 Å². The molecular formula is C8H15N3O. The van der Waals surface area contributed by atoms with Crippen LogP contribution in [-0.4, -0.2) is 32.8 Å². The number of aliphatic imine (C=N–C) groups is 1. The average Bonchev–Trinajstić information content (AvgIpc) is 2.16. The molecule has 0 aromatic rings. The van der Waals surface area contributed by atoms with Crippen molar-refractivity contribution < 1.29 is 4.74 Å². The van der Waals surface area contributed by atoms with E-state index in [1.54, 1.807) is 7.05 Å². The SMILES string of the molecule is CN=C(N)NCC1=CCOCC1. The number of rotatable bonds is 2. The smallest absolute Gasteiger partial charge is 0.188 e. The van der Waals surface area contributed by atoms with E-state index in [-0.39, 0.29) is 0 Å². The van der Waals surface area contributed by atoms with Crippen LogP contribution in [0.25, 0.3) is 0 Å². The fourth-order valence-corrected chi connectivity index (χ4v) is 1.01. The summed E-state index contributed by atoms with van der Waals surface area (Å²) in [5, 5.41) is 3.01. The Hall–Kier alpha value is -1.03. The first-order valence-corrected chi connectivity index (χ1v) is 4.04. The van der Waals surface area contributed by atoms with Gasteiger partial charge >= 0.3 is 0 Å². The van der Waals surface area contributed by atoms with Crippen molar-refractivity contribution in [2.45, 2.75) is 6.42 Å². The zero-order chi connectivity index (χ0) is 8.81. The molecule has 0 amide bonds. The molecule has 4 nitrogen and oxygen atoms in total. The molecule has 0 aromatic carbocycles. The molecular weight excluding hydrogens is 154 g/mol. The molecule has 12 heavy (non-hydrogen) atoms. The third-order valence-electron chi connectivity index (χ3n) is 1.79. The first-order chi connectivity index (χ1) is 5.83. The van der Waals surface area contributed by atoms with Crippen LogP contribution in [0.1, 0.15) is 6.42 Å². The van der Waals surface area contributed by atoms with Crippen molar-refractivity contribution in [3.63, 3.8) is 0 Å². The zero-order valence-corrected chi connectivity index (χ0v) is 7.34. The van der Waals surface area contributed by atoms with Gasteiger partial charge in [-0.05, 0) is 6.42 Å². The Morgan fingerprint density at radius 2 is 2.67 bits per heavy atom. The summed E-state index contributed by atoms with van der Waals surface area (Å²) >= 11 is 0. The van der Waals surface area contributed by atoms with Gasteiger partial charge in [0.1, 0.15) is 0 Å². The van der Waals surface area contributed by atoms with Gasteiger partial charge < -0.3 is 15.8 Å². The molecule has 0 aliphatic carbocycles. The van der Waals surface area contributed by atoms with E-state index in [4.69, 9.17) is 10.5 Å². The number of nitrogens with one attached hydrogen (secondary N) is 1. The van der Waals surface area contributed by atoms with E-state index >= 15 is 0 Å². The Kier molecular flexibility index (Phi) is 3.60. The summed E-state index contributed by atoms with van der Waals surface area (Å²) in [6, 6.07) is 0. The van der Waals surface area contributed by atoms with Crippen molar-refractivity contribution >= 4 is 5.96 Å². The summed E-state index contributed by atoms with van der Waals surface area (Å²) in [5.41, 5.74) is 6.81. The molecule has 1 heterocycles. The molecule has 3 N–H and O–H groups in total. The Labute approximate surface area is 72.5 Å². The van der Waals surface area contributed by atoms with Gasteiger partial charge in [0.25, 0.3) is 0 Å². The van der Waals surface area contributed by atoms with E-state index in [0.717, 1.165) is 26.2 Å². The van der Waals surface area contributed by atoms with Gasteiger partial charge in [0.05, 0.1) is 13.2 Å². The van der Waals surface area contributed by atoms with Crippen molar-refractivity contribution in [1.29, 1.82) is 0 Å². The molecule has 0 saturated heterocycles. The fraction of sp³-hybridized carbons (Fsp3) is 0.625. The molecule has 1 aliphatic heterocycles. The van der Waals surface area contributed by atoms with E-state index in [1.807, 2.05) is 0 Å². The third-order valence-corrected chi connectivity index (χ3v) is 1.79. The van der Waals surface area contributed by atoms with Crippen molar-refractivity contribution in [3.05, 3.63) is 11.6 Å². The van der Waals surface area contributed by atoms with E-state index < -0.39 is 0 Å². The minimum atomic E-state index is 0.488. The number of hydrogen-bond donors (Lipinski definition) is 2. The van der Waals surface area contributed by atoms with Crippen LogP contribution in [-0.2, 0) is 4.74 Å². The first-order valence-electron chi connectivity index (χ1n) is 4.04. The predicted molar refractivity (Wildman–Crippen MR) is 49.1 cm³/mol. The Morgan fingerprint density at radius 1 is 1.83 bits per heavy atom. The summed E-state index contributed by atoms with van der Waals surface area (Å²) in [6.45, 7) is 2.32. The second-order valence-electron chi connectivity index (χ2n) is 2.65. The van der Waals surface area contributed by atoms with Gasteiger partial charge in [-0.15, -0.1) is 0 Å². The lowest BCUT2D eigenvalue weighted by Crippen LogP contribution is -2.33. The summed E-state index contributed by atoms with van der Waals surface area (Å²) in [4.78, 5) is 3.80. The second kappa shape index (κ2) is 4.77. The normalized spacial score (nSPS) is 18.8. The van der Waals surface area contributed by atoms with E-state index in [9.17, 15) is 0 Å². The first kappa shape index (κ1) is 9.06. The average molecular weight is 169 g/mol. The molecule has 68 valence electrons. The summed E-state index contributed by atoms with van der Waals surface area (Å²) < 4.78 is 5.17. The van der Waals surface area contributed by atoms with Gasteiger partial charge in [0.2, 0.25) is 0 Å². The van der Waals surface area contributed by atoms with Crippen LogP contribution < -0.4 is 11.1 Å². The van der Waals surface area contributed by atoms with Crippen molar-refractivity contribution in [3.8, 4) is 0 Å². The van der Waals surface area contributed by atoms with Crippen LogP contribution in [0.5, 0.6) is 0 Å². The molecule has 0 spiro atoms. The van der Waals surface area contributed by atoms with Crippen LogP contribution in [0.2, 0.25) is 0 Å². The molecule has 0 atom stereocenters. The molecule has 0 saturated carbocycles. The lowest BCUT2D eigenvalue weighted by Gasteiger charge is -2.13. The van der Waals surface area contributed by atoms with Crippen molar-refractivity contribution in [2.75, 3.05) is 26.8 Å². The number of nitrogens with two attached hydrogens (primary N) is 1. The monoisotopic (exact) mass is 169 g/mol. The lowest BCUT2D eigenvalue weighted by atomic mass is 10.1. The van der Waals surface area contributed by atoms with Gasteiger partial charge in [-0.3, -0.25) is 4.99 Å². The van der Waals surface area contributed by atoms with E-state index in [2.05, 4.69) is 16.4 Å².